The lowest BCUT2D eigenvalue weighted by atomic mass is 10.1. The largest absolute Gasteiger partial charge is 0.289 e. The Hall–Kier alpha value is -0.450. The maximum absolute atomic E-state index is 12.9. The molecule has 0 unspecified atom stereocenters. The zero-order chi connectivity index (χ0) is 9.26. The van der Waals surface area contributed by atoms with E-state index in [1.165, 1.54) is 6.07 Å². The van der Waals surface area contributed by atoms with Gasteiger partial charge in [0.25, 0.3) is 0 Å². The second kappa shape index (κ2) is 3.74. The van der Waals surface area contributed by atoms with Gasteiger partial charge in [-0.05, 0) is 53.6 Å². The Morgan fingerprint density at radius 1 is 1.38 bits per heavy atom. The van der Waals surface area contributed by atoms with E-state index >= 15 is 0 Å². The van der Waals surface area contributed by atoms with Gasteiger partial charge in [-0.25, -0.2) is 4.39 Å². The highest BCUT2D eigenvalue weighted by molar-refractivity contribution is 14.1. The van der Waals surface area contributed by atoms with Crippen molar-refractivity contribution in [2.45, 2.75) is 12.8 Å². The molecule has 0 spiro atoms. The topological polar surface area (TPSA) is 12.4 Å². The third-order valence-corrected chi connectivity index (χ3v) is 3.05. The Kier molecular flexibility index (Phi) is 2.62. The molecule has 0 atom stereocenters. The van der Waals surface area contributed by atoms with Crippen molar-refractivity contribution >= 4 is 28.3 Å². The molecule has 1 aromatic rings. The molecular formula is C10H9FIN. The number of nitrogens with zero attached hydrogens (tertiary/aromatic N) is 1. The second-order valence-electron chi connectivity index (χ2n) is 3.06. The molecule has 1 aliphatic heterocycles. The van der Waals surface area contributed by atoms with Crippen LogP contribution in [-0.4, -0.2) is 12.3 Å². The van der Waals surface area contributed by atoms with Crippen LogP contribution in [0.5, 0.6) is 0 Å². The van der Waals surface area contributed by atoms with Gasteiger partial charge in [-0.1, -0.05) is 0 Å². The van der Waals surface area contributed by atoms with Gasteiger partial charge in [0.05, 0.1) is 0 Å². The lowest BCUT2D eigenvalue weighted by Crippen LogP contribution is -1.99. The molecule has 0 radical (unpaired) electrons. The molecule has 0 amide bonds. The van der Waals surface area contributed by atoms with E-state index in [1.54, 1.807) is 12.1 Å². The summed E-state index contributed by atoms with van der Waals surface area (Å²) < 4.78 is 14.0. The Bertz CT molecular complexity index is 360. The minimum absolute atomic E-state index is 0.176. The molecule has 0 bridgehead atoms. The number of benzene rings is 1. The van der Waals surface area contributed by atoms with Gasteiger partial charge in [0, 0.05) is 21.4 Å². The van der Waals surface area contributed by atoms with Crippen LogP contribution >= 0.6 is 22.6 Å². The molecule has 0 saturated heterocycles. The predicted molar refractivity (Wildman–Crippen MR) is 59.8 cm³/mol. The summed E-state index contributed by atoms with van der Waals surface area (Å²) in [6.07, 6.45) is 2.08. The number of aliphatic imine (C=N–C) groups is 1. The molecule has 68 valence electrons. The molecule has 1 aromatic carbocycles. The Morgan fingerprint density at radius 3 is 2.92 bits per heavy atom. The van der Waals surface area contributed by atoms with Gasteiger partial charge in [-0.3, -0.25) is 4.99 Å². The smallest absolute Gasteiger partial charge is 0.123 e. The summed E-state index contributed by atoms with van der Waals surface area (Å²) in [4.78, 5) is 4.35. The van der Waals surface area contributed by atoms with Crippen molar-refractivity contribution in [2.75, 3.05) is 6.54 Å². The molecule has 0 saturated carbocycles. The lowest BCUT2D eigenvalue weighted by Gasteiger charge is -2.03. The second-order valence-corrected chi connectivity index (χ2v) is 4.22. The van der Waals surface area contributed by atoms with Crippen LogP contribution in [0.1, 0.15) is 18.4 Å². The van der Waals surface area contributed by atoms with Crippen LogP contribution in [0.15, 0.2) is 23.2 Å². The highest BCUT2D eigenvalue weighted by atomic mass is 127. The van der Waals surface area contributed by atoms with Gasteiger partial charge >= 0.3 is 0 Å². The Balaban J connectivity index is 2.43. The van der Waals surface area contributed by atoms with Crippen LogP contribution in [0.2, 0.25) is 0 Å². The zero-order valence-electron chi connectivity index (χ0n) is 7.06. The summed E-state index contributed by atoms with van der Waals surface area (Å²) in [5.41, 5.74) is 2.03. The average molecular weight is 289 g/mol. The van der Waals surface area contributed by atoms with Crippen LogP contribution in [-0.2, 0) is 0 Å². The van der Waals surface area contributed by atoms with Gasteiger partial charge < -0.3 is 0 Å². The van der Waals surface area contributed by atoms with Gasteiger partial charge in [-0.2, -0.15) is 0 Å². The molecule has 1 nitrogen and oxygen atoms in total. The molecule has 13 heavy (non-hydrogen) atoms. The van der Waals surface area contributed by atoms with Crippen LogP contribution < -0.4 is 0 Å². The number of hydrogen-bond acceptors (Lipinski definition) is 1. The van der Waals surface area contributed by atoms with E-state index < -0.39 is 0 Å². The highest BCUT2D eigenvalue weighted by Gasteiger charge is 2.12. The first-order valence-electron chi connectivity index (χ1n) is 4.26. The molecule has 0 aromatic heterocycles. The third-order valence-electron chi connectivity index (χ3n) is 2.11. The standard InChI is InChI=1S/C10H9FIN/c11-7-3-4-9(12)8(6-7)10-2-1-5-13-10/h3-4,6H,1-2,5H2. The Labute approximate surface area is 90.2 Å². The van der Waals surface area contributed by atoms with E-state index in [4.69, 9.17) is 0 Å². The predicted octanol–water partition coefficient (Wildman–Crippen LogP) is 3.01. The van der Waals surface area contributed by atoms with Crippen molar-refractivity contribution in [2.24, 2.45) is 4.99 Å². The number of halogens is 2. The Morgan fingerprint density at radius 2 is 2.23 bits per heavy atom. The van der Waals surface area contributed by atoms with E-state index in [9.17, 15) is 4.39 Å². The van der Waals surface area contributed by atoms with Gasteiger partial charge in [0.2, 0.25) is 0 Å². The minimum atomic E-state index is -0.176. The van der Waals surface area contributed by atoms with Gasteiger partial charge in [0.1, 0.15) is 5.82 Å². The van der Waals surface area contributed by atoms with Crippen LogP contribution in [0.4, 0.5) is 4.39 Å². The average Bonchev–Trinajstić information content (AvgIpc) is 2.61. The van der Waals surface area contributed by atoms with E-state index in [-0.39, 0.29) is 5.82 Å². The molecule has 0 aliphatic carbocycles. The van der Waals surface area contributed by atoms with Crippen LogP contribution in [0, 0.1) is 9.39 Å². The maximum Gasteiger partial charge on any atom is 0.123 e. The summed E-state index contributed by atoms with van der Waals surface area (Å²) >= 11 is 2.22. The minimum Gasteiger partial charge on any atom is -0.289 e. The number of hydrogen-bond donors (Lipinski definition) is 0. The van der Waals surface area contributed by atoms with Crippen LogP contribution in [0.3, 0.4) is 0 Å². The fraction of sp³-hybridized carbons (Fsp3) is 0.300. The zero-order valence-corrected chi connectivity index (χ0v) is 9.21. The van der Waals surface area contributed by atoms with Crippen molar-refractivity contribution in [3.63, 3.8) is 0 Å². The fourth-order valence-corrected chi connectivity index (χ4v) is 2.12. The van der Waals surface area contributed by atoms with Crippen molar-refractivity contribution in [1.29, 1.82) is 0 Å². The monoisotopic (exact) mass is 289 g/mol. The van der Waals surface area contributed by atoms with Crippen molar-refractivity contribution in [3.05, 3.63) is 33.1 Å². The molecule has 0 N–H and O–H groups in total. The molecule has 2 rings (SSSR count). The summed E-state index contributed by atoms with van der Waals surface area (Å²) in [6, 6.07) is 4.86. The first-order chi connectivity index (χ1) is 6.27. The third kappa shape index (κ3) is 1.90. The molecule has 0 fully saturated rings. The van der Waals surface area contributed by atoms with Gasteiger partial charge in [-0.15, -0.1) is 0 Å². The molecule has 1 heterocycles. The number of rotatable bonds is 1. The summed E-state index contributed by atoms with van der Waals surface area (Å²) in [5, 5.41) is 0. The summed E-state index contributed by atoms with van der Waals surface area (Å²) in [7, 11) is 0. The summed E-state index contributed by atoms with van der Waals surface area (Å²) in [5.74, 6) is -0.176. The van der Waals surface area contributed by atoms with E-state index in [1.807, 2.05) is 0 Å². The van der Waals surface area contributed by atoms with Gasteiger partial charge in [0.15, 0.2) is 0 Å². The summed E-state index contributed by atoms with van der Waals surface area (Å²) in [6.45, 7) is 0.891. The van der Waals surface area contributed by atoms with E-state index in [2.05, 4.69) is 27.6 Å². The fourth-order valence-electron chi connectivity index (χ4n) is 1.48. The SMILES string of the molecule is Fc1ccc(I)c(C2=NCCC2)c1. The van der Waals surface area contributed by atoms with Crippen molar-refractivity contribution in [3.8, 4) is 0 Å². The van der Waals surface area contributed by atoms with Crippen LogP contribution in [0.25, 0.3) is 0 Å². The maximum atomic E-state index is 12.9. The van der Waals surface area contributed by atoms with E-state index in [0.29, 0.717) is 0 Å². The van der Waals surface area contributed by atoms with Crippen molar-refractivity contribution in [1.82, 2.24) is 0 Å². The molecule has 1 aliphatic rings. The lowest BCUT2D eigenvalue weighted by molar-refractivity contribution is 0.627. The highest BCUT2D eigenvalue weighted by Crippen LogP contribution is 2.19. The quantitative estimate of drug-likeness (QED) is 0.705. The normalized spacial score (nSPS) is 16.0. The first kappa shape index (κ1) is 9.12. The molecular weight excluding hydrogens is 280 g/mol. The van der Waals surface area contributed by atoms with Crippen molar-refractivity contribution < 1.29 is 4.39 Å². The molecule has 3 heteroatoms. The van der Waals surface area contributed by atoms with E-state index in [0.717, 1.165) is 34.2 Å². The first-order valence-corrected chi connectivity index (χ1v) is 5.34.